The molecule has 0 saturated carbocycles. The number of nitrogens with two attached hydrogens (primary N) is 1. The van der Waals surface area contributed by atoms with Crippen LogP contribution < -0.4 is 16.2 Å². The average Bonchev–Trinajstić information content (AvgIpc) is 2.68. The Balaban J connectivity index is 2.35. The van der Waals surface area contributed by atoms with E-state index < -0.39 is 24.1 Å². The maximum Gasteiger partial charge on any atom is 0.433 e. The van der Waals surface area contributed by atoms with Crippen molar-refractivity contribution in [3.05, 3.63) is 11.8 Å². The number of β-amino-alcohol motifs (C(OH)–C–C–N with tert-alkyl or cyclic N) is 2. The Kier molecular flexibility index (Phi) is 3.47. The molecule has 0 aromatic carbocycles. The van der Waals surface area contributed by atoms with E-state index in [-0.39, 0.29) is 24.9 Å². The third-order valence-electron chi connectivity index (χ3n) is 2.72. The lowest BCUT2D eigenvalue weighted by Gasteiger charge is -2.18. The first-order valence-electron chi connectivity index (χ1n) is 5.35. The highest BCUT2D eigenvalue weighted by molar-refractivity contribution is 5.46. The molecule has 1 fully saturated rings. The third kappa shape index (κ3) is 2.85. The number of nitrogens with zero attached hydrogens (tertiary/aromatic N) is 3. The summed E-state index contributed by atoms with van der Waals surface area (Å²) in [6, 6.07) is 0.742. The molecule has 1 aromatic rings. The maximum absolute atomic E-state index is 12.6. The fourth-order valence-corrected chi connectivity index (χ4v) is 1.76. The highest BCUT2D eigenvalue weighted by Gasteiger charge is 2.36. The fourth-order valence-electron chi connectivity index (χ4n) is 1.76. The number of hydrazine groups is 1. The van der Waals surface area contributed by atoms with Gasteiger partial charge in [0.2, 0.25) is 5.95 Å². The van der Waals surface area contributed by atoms with Crippen LogP contribution in [0.5, 0.6) is 0 Å². The number of hydrogen-bond donors (Lipinski definition) is 4. The van der Waals surface area contributed by atoms with Gasteiger partial charge in [0.05, 0.1) is 12.2 Å². The van der Waals surface area contributed by atoms with Gasteiger partial charge < -0.3 is 15.1 Å². The van der Waals surface area contributed by atoms with Crippen molar-refractivity contribution in [2.24, 2.45) is 5.84 Å². The van der Waals surface area contributed by atoms with E-state index >= 15 is 0 Å². The summed E-state index contributed by atoms with van der Waals surface area (Å²) in [7, 11) is 0. The number of aliphatic hydroxyl groups excluding tert-OH is 2. The topological polar surface area (TPSA) is 108 Å². The molecule has 106 valence electrons. The Hall–Kier alpha value is -1.65. The van der Waals surface area contributed by atoms with Crippen LogP contribution in [-0.2, 0) is 6.18 Å². The summed E-state index contributed by atoms with van der Waals surface area (Å²) in [4.78, 5) is 8.31. The van der Waals surface area contributed by atoms with Crippen LogP contribution in [0.25, 0.3) is 0 Å². The molecule has 5 N–H and O–H groups in total. The van der Waals surface area contributed by atoms with Crippen molar-refractivity contribution in [1.82, 2.24) is 9.97 Å². The molecular formula is C9H12F3N5O2. The Morgan fingerprint density at radius 1 is 1.26 bits per heavy atom. The quantitative estimate of drug-likeness (QED) is 0.420. The van der Waals surface area contributed by atoms with Gasteiger partial charge in [-0.05, 0) is 0 Å². The van der Waals surface area contributed by atoms with Gasteiger partial charge in [0, 0.05) is 19.2 Å². The SMILES string of the molecule is NNc1nc(N2CC(O)C(O)C2)cc(C(F)(F)F)n1. The lowest BCUT2D eigenvalue weighted by atomic mass is 10.3. The monoisotopic (exact) mass is 279 g/mol. The van der Waals surface area contributed by atoms with Crippen molar-refractivity contribution in [3.8, 4) is 0 Å². The van der Waals surface area contributed by atoms with Gasteiger partial charge in [0.1, 0.15) is 5.82 Å². The van der Waals surface area contributed by atoms with E-state index in [1.807, 2.05) is 5.43 Å². The molecule has 1 aliphatic heterocycles. The minimum Gasteiger partial charge on any atom is -0.389 e. The fraction of sp³-hybridized carbons (Fsp3) is 0.556. The lowest BCUT2D eigenvalue weighted by Crippen LogP contribution is -2.25. The number of halogens is 3. The summed E-state index contributed by atoms with van der Waals surface area (Å²) in [5.41, 5.74) is 0.800. The Morgan fingerprint density at radius 2 is 1.84 bits per heavy atom. The van der Waals surface area contributed by atoms with E-state index in [0.717, 1.165) is 6.07 Å². The second-order valence-electron chi connectivity index (χ2n) is 4.12. The van der Waals surface area contributed by atoms with Crippen LogP contribution in [0.4, 0.5) is 24.9 Å². The maximum atomic E-state index is 12.6. The van der Waals surface area contributed by atoms with E-state index in [9.17, 15) is 23.4 Å². The summed E-state index contributed by atoms with van der Waals surface area (Å²) in [6.07, 6.45) is -6.70. The van der Waals surface area contributed by atoms with Crippen LogP contribution in [0.3, 0.4) is 0 Å². The molecule has 0 amide bonds. The van der Waals surface area contributed by atoms with E-state index in [1.54, 1.807) is 0 Å². The van der Waals surface area contributed by atoms with Gasteiger partial charge >= 0.3 is 6.18 Å². The number of alkyl halides is 3. The number of hydrogen-bond acceptors (Lipinski definition) is 7. The standard InChI is InChI=1S/C9H12F3N5O2/c10-9(11,12)6-1-7(15-8(14-6)16-13)17-2-4(18)5(19)3-17/h1,4-5,18-19H,2-3,13H2,(H,14,15,16). The van der Waals surface area contributed by atoms with E-state index in [1.165, 1.54) is 4.90 Å². The van der Waals surface area contributed by atoms with Crippen molar-refractivity contribution in [2.75, 3.05) is 23.4 Å². The average molecular weight is 279 g/mol. The lowest BCUT2D eigenvalue weighted by molar-refractivity contribution is -0.141. The molecule has 1 aromatic heterocycles. The molecule has 19 heavy (non-hydrogen) atoms. The first-order chi connectivity index (χ1) is 8.81. The summed E-state index contributed by atoms with van der Waals surface area (Å²) in [5.74, 6) is 4.57. The van der Waals surface area contributed by atoms with Crippen LogP contribution in [0.2, 0.25) is 0 Å². The highest BCUT2D eigenvalue weighted by atomic mass is 19.4. The summed E-state index contributed by atoms with van der Waals surface area (Å²) in [6.45, 7) is -0.0288. The van der Waals surface area contributed by atoms with Crippen molar-refractivity contribution >= 4 is 11.8 Å². The van der Waals surface area contributed by atoms with E-state index in [2.05, 4.69) is 9.97 Å². The second kappa shape index (κ2) is 4.79. The van der Waals surface area contributed by atoms with Gasteiger partial charge in [0.25, 0.3) is 0 Å². The Labute approximate surface area is 105 Å². The van der Waals surface area contributed by atoms with Gasteiger partial charge in [-0.15, -0.1) is 0 Å². The number of nitrogen functional groups attached to an aromatic ring is 1. The number of anilines is 2. The van der Waals surface area contributed by atoms with Gasteiger partial charge in [-0.2, -0.15) is 18.2 Å². The first kappa shape index (κ1) is 13.8. The summed E-state index contributed by atoms with van der Waals surface area (Å²) < 4.78 is 37.9. The van der Waals surface area contributed by atoms with Gasteiger partial charge in [0.15, 0.2) is 5.69 Å². The predicted octanol–water partition coefficient (Wildman–Crippen LogP) is -0.677. The summed E-state index contributed by atoms with van der Waals surface area (Å²) in [5, 5.41) is 18.8. The molecule has 2 rings (SSSR count). The molecule has 2 heterocycles. The molecule has 7 nitrogen and oxygen atoms in total. The van der Waals surface area contributed by atoms with E-state index in [4.69, 9.17) is 5.84 Å². The van der Waals surface area contributed by atoms with Crippen molar-refractivity contribution in [2.45, 2.75) is 18.4 Å². The van der Waals surface area contributed by atoms with Gasteiger partial charge in [-0.3, -0.25) is 5.43 Å². The minimum absolute atomic E-state index is 0.0144. The zero-order valence-electron chi connectivity index (χ0n) is 9.59. The smallest absolute Gasteiger partial charge is 0.389 e. The number of rotatable bonds is 2. The molecule has 2 atom stereocenters. The summed E-state index contributed by atoms with van der Waals surface area (Å²) >= 11 is 0. The van der Waals surface area contributed by atoms with Crippen molar-refractivity contribution in [3.63, 3.8) is 0 Å². The van der Waals surface area contributed by atoms with Crippen molar-refractivity contribution < 1.29 is 23.4 Å². The van der Waals surface area contributed by atoms with Crippen LogP contribution in [-0.4, -0.2) is 45.5 Å². The first-order valence-corrected chi connectivity index (χ1v) is 5.35. The zero-order valence-corrected chi connectivity index (χ0v) is 9.59. The van der Waals surface area contributed by atoms with Crippen molar-refractivity contribution in [1.29, 1.82) is 0 Å². The molecule has 0 aliphatic carbocycles. The predicted molar refractivity (Wildman–Crippen MR) is 59.1 cm³/mol. The molecule has 1 aliphatic rings. The van der Waals surface area contributed by atoms with Crippen LogP contribution >= 0.6 is 0 Å². The largest absolute Gasteiger partial charge is 0.433 e. The van der Waals surface area contributed by atoms with Gasteiger partial charge in [-0.1, -0.05) is 0 Å². The Morgan fingerprint density at radius 3 is 2.32 bits per heavy atom. The molecule has 0 bridgehead atoms. The van der Waals surface area contributed by atoms with Crippen LogP contribution in [0.1, 0.15) is 5.69 Å². The third-order valence-corrected chi connectivity index (χ3v) is 2.72. The molecule has 0 radical (unpaired) electrons. The molecule has 10 heteroatoms. The molecule has 2 unspecified atom stereocenters. The molecule has 1 saturated heterocycles. The van der Waals surface area contributed by atoms with Crippen LogP contribution in [0, 0.1) is 0 Å². The highest BCUT2D eigenvalue weighted by Crippen LogP contribution is 2.31. The molecular weight excluding hydrogens is 267 g/mol. The van der Waals surface area contributed by atoms with E-state index in [0.29, 0.717) is 0 Å². The second-order valence-corrected chi connectivity index (χ2v) is 4.12. The van der Waals surface area contributed by atoms with Crippen LogP contribution in [0.15, 0.2) is 6.07 Å². The zero-order chi connectivity index (χ0) is 14.2. The number of nitrogens with one attached hydrogen (secondary N) is 1. The van der Waals surface area contributed by atoms with Gasteiger partial charge in [-0.25, -0.2) is 10.8 Å². The minimum atomic E-state index is -4.64. The number of aliphatic hydroxyl groups is 2. The normalized spacial score (nSPS) is 23.8. The number of aromatic nitrogens is 2. The Bertz CT molecular complexity index is 460. The molecule has 0 spiro atoms.